The van der Waals surface area contributed by atoms with Gasteiger partial charge in [0.05, 0.1) is 7.11 Å². The Morgan fingerprint density at radius 3 is 2.67 bits per heavy atom. The van der Waals surface area contributed by atoms with E-state index >= 15 is 0 Å². The SMILES string of the molecule is COc1ccc(CO/N=C/C(N)=S)cc1. The summed E-state index contributed by atoms with van der Waals surface area (Å²) in [7, 11) is 1.62. The zero-order valence-corrected chi connectivity index (χ0v) is 9.16. The van der Waals surface area contributed by atoms with E-state index in [0.29, 0.717) is 6.61 Å². The minimum atomic E-state index is 0.199. The molecule has 15 heavy (non-hydrogen) atoms. The van der Waals surface area contributed by atoms with Crippen molar-refractivity contribution in [3.05, 3.63) is 29.8 Å². The third-order valence-corrected chi connectivity index (χ3v) is 1.75. The monoisotopic (exact) mass is 224 g/mol. The standard InChI is InChI=1S/C10H12N2O2S/c1-13-9-4-2-8(3-5-9)7-14-12-6-10(11)15/h2-6H,7H2,1H3,(H2,11,15)/b12-6+. The molecular formula is C10H12N2O2S. The van der Waals surface area contributed by atoms with E-state index in [1.165, 1.54) is 6.21 Å². The fourth-order valence-corrected chi connectivity index (χ4v) is 0.966. The van der Waals surface area contributed by atoms with Gasteiger partial charge >= 0.3 is 0 Å². The van der Waals surface area contributed by atoms with Gasteiger partial charge in [0, 0.05) is 0 Å². The van der Waals surface area contributed by atoms with Gasteiger partial charge in [0.25, 0.3) is 0 Å². The van der Waals surface area contributed by atoms with E-state index in [4.69, 9.17) is 15.3 Å². The number of ether oxygens (including phenoxy) is 1. The molecule has 0 saturated heterocycles. The molecule has 0 saturated carbocycles. The molecule has 1 aromatic carbocycles. The van der Waals surface area contributed by atoms with Gasteiger partial charge in [-0.2, -0.15) is 0 Å². The van der Waals surface area contributed by atoms with Crippen LogP contribution in [0.2, 0.25) is 0 Å². The predicted molar refractivity (Wildman–Crippen MR) is 63.1 cm³/mol. The van der Waals surface area contributed by atoms with Crippen LogP contribution in [0.15, 0.2) is 29.4 Å². The van der Waals surface area contributed by atoms with E-state index in [9.17, 15) is 0 Å². The van der Waals surface area contributed by atoms with Crippen molar-refractivity contribution >= 4 is 23.4 Å². The van der Waals surface area contributed by atoms with Gasteiger partial charge in [-0.1, -0.05) is 29.5 Å². The van der Waals surface area contributed by atoms with Gasteiger partial charge in [0.2, 0.25) is 0 Å². The lowest BCUT2D eigenvalue weighted by atomic mass is 10.2. The highest BCUT2D eigenvalue weighted by molar-refractivity contribution is 7.81. The molecule has 5 heteroatoms. The first kappa shape index (κ1) is 11.5. The summed E-state index contributed by atoms with van der Waals surface area (Å²) in [4.78, 5) is 5.16. The molecule has 0 heterocycles. The summed E-state index contributed by atoms with van der Waals surface area (Å²) >= 11 is 4.59. The number of hydrogen-bond donors (Lipinski definition) is 1. The zero-order chi connectivity index (χ0) is 11.1. The smallest absolute Gasteiger partial charge is 0.142 e. The lowest BCUT2D eigenvalue weighted by Gasteiger charge is -2.01. The number of rotatable bonds is 5. The third-order valence-electron chi connectivity index (χ3n) is 1.64. The van der Waals surface area contributed by atoms with Crippen LogP contribution in [-0.2, 0) is 11.4 Å². The summed E-state index contributed by atoms with van der Waals surface area (Å²) in [5.41, 5.74) is 6.19. The molecule has 0 aliphatic rings. The number of hydrogen-bond acceptors (Lipinski definition) is 4. The molecule has 0 spiro atoms. The molecular weight excluding hydrogens is 212 g/mol. The largest absolute Gasteiger partial charge is 0.497 e. The summed E-state index contributed by atoms with van der Waals surface area (Å²) < 4.78 is 5.02. The summed E-state index contributed by atoms with van der Waals surface area (Å²) in [6.45, 7) is 0.378. The lowest BCUT2D eigenvalue weighted by Crippen LogP contribution is -2.08. The molecule has 0 fully saturated rings. The van der Waals surface area contributed by atoms with Crippen molar-refractivity contribution in [2.45, 2.75) is 6.61 Å². The van der Waals surface area contributed by atoms with E-state index in [1.54, 1.807) is 7.11 Å². The van der Waals surface area contributed by atoms with Crippen molar-refractivity contribution in [3.63, 3.8) is 0 Å². The minimum absolute atomic E-state index is 0.199. The van der Waals surface area contributed by atoms with Crippen LogP contribution in [0.5, 0.6) is 5.75 Å². The molecule has 0 unspecified atom stereocenters. The lowest BCUT2D eigenvalue weighted by molar-refractivity contribution is 0.132. The topological polar surface area (TPSA) is 56.8 Å². The molecule has 0 aliphatic heterocycles. The zero-order valence-electron chi connectivity index (χ0n) is 8.34. The molecule has 0 amide bonds. The molecule has 1 aromatic rings. The Kier molecular flexibility index (Phi) is 4.56. The number of nitrogens with zero attached hydrogens (tertiary/aromatic N) is 1. The second-order valence-electron chi connectivity index (χ2n) is 2.76. The first-order valence-corrected chi connectivity index (χ1v) is 4.71. The number of thiocarbonyl (C=S) groups is 1. The quantitative estimate of drug-likeness (QED) is 0.467. The van der Waals surface area contributed by atoms with Crippen molar-refractivity contribution in [2.24, 2.45) is 10.9 Å². The summed E-state index contributed by atoms with van der Waals surface area (Å²) in [5.74, 6) is 0.811. The van der Waals surface area contributed by atoms with Gasteiger partial charge in [-0.25, -0.2) is 0 Å². The Balaban J connectivity index is 2.41. The molecule has 1 rings (SSSR count). The van der Waals surface area contributed by atoms with E-state index in [1.807, 2.05) is 24.3 Å². The fraction of sp³-hybridized carbons (Fsp3) is 0.200. The van der Waals surface area contributed by atoms with Crippen LogP contribution >= 0.6 is 12.2 Å². The van der Waals surface area contributed by atoms with Gasteiger partial charge < -0.3 is 15.3 Å². The number of nitrogens with two attached hydrogens (primary N) is 1. The highest BCUT2D eigenvalue weighted by Crippen LogP contribution is 2.11. The molecule has 0 radical (unpaired) electrons. The van der Waals surface area contributed by atoms with Crippen molar-refractivity contribution in [2.75, 3.05) is 7.11 Å². The van der Waals surface area contributed by atoms with Gasteiger partial charge in [0.15, 0.2) is 0 Å². The van der Waals surface area contributed by atoms with Crippen LogP contribution in [0, 0.1) is 0 Å². The Bertz CT molecular complexity index is 349. The predicted octanol–water partition coefficient (Wildman–Crippen LogP) is 1.48. The molecule has 4 nitrogen and oxygen atoms in total. The molecule has 0 bridgehead atoms. The highest BCUT2D eigenvalue weighted by atomic mass is 32.1. The summed E-state index contributed by atoms with van der Waals surface area (Å²) in [6, 6.07) is 7.51. The van der Waals surface area contributed by atoms with Crippen LogP contribution in [0.3, 0.4) is 0 Å². The molecule has 80 valence electrons. The summed E-state index contributed by atoms with van der Waals surface area (Å²) in [6.07, 6.45) is 1.29. The van der Waals surface area contributed by atoms with Crippen LogP contribution in [-0.4, -0.2) is 18.3 Å². The van der Waals surface area contributed by atoms with Crippen molar-refractivity contribution < 1.29 is 9.57 Å². The Morgan fingerprint density at radius 2 is 2.13 bits per heavy atom. The van der Waals surface area contributed by atoms with Gasteiger partial charge in [-0.3, -0.25) is 0 Å². The van der Waals surface area contributed by atoms with Crippen LogP contribution in [0.4, 0.5) is 0 Å². The highest BCUT2D eigenvalue weighted by Gasteiger charge is 1.93. The molecule has 0 aromatic heterocycles. The summed E-state index contributed by atoms with van der Waals surface area (Å²) in [5, 5.41) is 3.59. The minimum Gasteiger partial charge on any atom is -0.497 e. The van der Waals surface area contributed by atoms with Gasteiger partial charge in [0.1, 0.15) is 23.6 Å². The number of oxime groups is 1. The Morgan fingerprint density at radius 1 is 1.47 bits per heavy atom. The fourth-order valence-electron chi connectivity index (χ4n) is 0.923. The van der Waals surface area contributed by atoms with Crippen molar-refractivity contribution in [1.82, 2.24) is 0 Å². The van der Waals surface area contributed by atoms with E-state index < -0.39 is 0 Å². The molecule has 0 aliphatic carbocycles. The first-order chi connectivity index (χ1) is 7.22. The maximum atomic E-state index is 5.20. The van der Waals surface area contributed by atoms with Crippen LogP contribution in [0.25, 0.3) is 0 Å². The van der Waals surface area contributed by atoms with Crippen LogP contribution < -0.4 is 10.5 Å². The van der Waals surface area contributed by atoms with E-state index in [2.05, 4.69) is 17.4 Å². The second kappa shape index (κ2) is 5.98. The van der Waals surface area contributed by atoms with Crippen LogP contribution in [0.1, 0.15) is 5.56 Å². The van der Waals surface area contributed by atoms with Crippen molar-refractivity contribution in [1.29, 1.82) is 0 Å². The van der Waals surface area contributed by atoms with E-state index in [-0.39, 0.29) is 4.99 Å². The average Bonchev–Trinajstić information content (AvgIpc) is 2.25. The van der Waals surface area contributed by atoms with E-state index in [0.717, 1.165) is 11.3 Å². The van der Waals surface area contributed by atoms with Gasteiger partial charge in [-0.15, -0.1) is 0 Å². The number of methoxy groups -OCH3 is 1. The maximum Gasteiger partial charge on any atom is 0.142 e. The maximum absolute atomic E-state index is 5.20. The average molecular weight is 224 g/mol. The Hall–Kier alpha value is -1.62. The Labute approximate surface area is 93.7 Å². The normalized spacial score (nSPS) is 10.2. The molecule has 2 N–H and O–H groups in total. The first-order valence-electron chi connectivity index (χ1n) is 4.30. The second-order valence-corrected chi connectivity index (χ2v) is 3.23. The van der Waals surface area contributed by atoms with Crippen molar-refractivity contribution in [3.8, 4) is 5.75 Å². The number of benzene rings is 1. The van der Waals surface area contributed by atoms with Gasteiger partial charge in [-0.05, 0) is 17.7 Å². The third kappa shape index (κ3) is 4.42. The molecule has 0 atom stereocenters.